The lowest BCUT2D eigenvalue weighted by Crippen LogP contribution is -2.49. The van der Waals surface area contributed by atoms with Crippen LogP contribution in [-0.2, 0) is 4.79 Å². The summed E-state index contributed by atoms with van der Waals surface area (Å²) in [7, 11) is 0. The fraction of sp³-hybridized carbons (Fsp3) is 0.263. The second-order valence-electron chi connectivity index (χ2n) is 6.08. The first kappa shape index (κ1) is 18.4. The van der Waals surface area contributed by atoms with Crippen LogP contribution in [0.4, 0.5) is 10.1 Å². The molecule has 5 nitrogen and oxygen atoms in total. The minimum atomic E-state index is -0.233. The third-order valence-corrected chi connectivity index (χ3v) is 4.46. The third kappa shape index (κ3) is 5.28. The Bertz CT molecular complexity index is 756. The summed E-state index contributed by atoms with van der Waals surface area (Å²) in [5.74, 6) is -0.381. The Morgan fingerprint density at radius 2 is 1.73 bits per heavy atom. The van der Waals surface area contributed by atoms with Gasteiger partial charge in [0.2, 0.25) is 0 Å². The van der Waals surface area contributed by atoms with E-state index in [1.807, 2.05) is 12.1 Å². The van der Waals surface area contributed by atoms with Crippen molar-refractivity contribution in [3.05, 3.63) is 64.9 Å². The summed E-state index contributed by atoms with van der Waals surface area (Å²) in [5.41, 5.74) is 4.41. The van der Waals surface area contributed by atoms with Crippen LogP contribution < -0.4 is 10.3 Å². The first-order chi connectivity index (χ1) is 12.6. The van der Waals surface area contributed by atoms with Crippen LogP contribution in [-0.4, -0.2) is 49.7 Å². The smallest absolute Gasteiger partial charge is 0.254 e. The highest BCUT2D eigenvalue weighted by Crippen LogP contribution is 2.16. The number of rotatable bonds is 5. The second-order valence-corrected chi connectivity index (χ2v) is 6.52. The zero-order chi connectivity index (χ0) is 18.4. The van der Waals surface area contributed by atoms with Crippen molar-refractivity contribution >= 4 is 29.4 Å². The molecule has 1 aliphatic heterocycles. The van der Waals surface area contributed by atoms with Crippen LogP contribution in [0.3, 0.4) is 0 Å². The lowest BCUT2D eigenvalue weighted by Gasteiger charge is -2.35. The summed E-state index contributed by atoms with van der Waals surface area (Å²) in [4.78, 5) is 16.3. The van der Waals surface area contributed by atoms with E-state index in [2.05, 4.69) is 20.3 Å². The van der Waals surface area contributed by atoms with Crippen molar-refractivity contribution in [2.24, 2.45) is 5.10 Å². The van der Waals surface area contributed by atoms with Gasteiger partial charge in [0, 0.05) is 36.9 Å². The molecular formula is C19H20ClFN4O. The van der Waals surface area contributed by atoms with Gasteiger partial charge >= 0.3 is 0 Å². The minimum absolute atomic E-state index is 0.148. The third-order valence-electron chi connectivity index (χ3n) is 4.20. The zero-order valence-electron chi connectivity index (χ0n) is 14.2. The predicted molar refractivity (Wildman–Crippen MR) is 102 cm³/mol. The number of hydrazone groups is 1. The van der Waals surface area contributed by atoms with Gasteiger partial charge in [0.05, 0.1) is 12.8 Å². The first-order valence-corrected chi connectivity index (χ1v) is 8.78. The van der Waals surface area contributed by atoms with Crippen LogP contribution >= 0.6 is 11.6 Å². The Kier molecular flexibility index (Phi) is 6.20. The summed E-state index contributed by atoms with van der Waals surface area (Å²) in [6, 6.07) is 13.7. The van der Waals surface area contributed by atoms with Crippen molar-refractivity contribution in [2.45, 2.75) is 0 Å². The quantitative estimate of drug-likeness (QED) is 0.646. The molecular weight excluding hydrogens is 355 g/mol. The monoisotopic (exact) mass is 374 g/mol. The number of carbonyl (C=O) groups excluding carboxylic acids is 1. The number of anilines is 1. The molecule has 0 atom stereocenters. The van der Waals surface area contributed by atoms with Gasteiger partial charge in [0.25, 0.3) is 5.91 Å². The molecule has 0 radical (unpaired) electrons. The summed E-state index contributed by atoms with van der Waals surface area (Å²) in [5, 5.41) is 4.63. The molecule has 0 saturated carbocycles. The Balaban J connectivity index is 1.41. The van der Waals surface area contributed by atoms with Crippen LogP contribution in [0, 0.1) is 5.82 Å². The van der Waals surface area contributed by atoms with E-state index in [1.54, 1.807) is 30.5 Å². The number of nitrogens with one attached hydrogen (secondary N) is 1. The number of carbonyl (C=O) groups is 1. The Hall–Kier alpha value is -2.44. The number of hydrogen-bond acceptors (Lipinski definition) is 4. The number of piperazine rings is 1. The maximum absolute atomic E-state index is 13.0. The van der Waals surface area contributed by atoms with Crippen molar-refractivity contribution in [3.8, 4) is 0 Å². The number of benzene rings is 2. The molecule has 3 rings (SSSR count). The summed E-state index contributed by atoms with van der Waals surface area (Å²) < 4.78 is 13.0. The molecule has 0 spiro atoms. The van der Waals surface area contributed by atoms with Crippen LogP contribution in [0.2, 0.25) is 5.02 Å². The molecule has 136 valence electrons. The molecule has 1 saturated heterocycles. The van der Waals surface area contributed by atoms with Crippen LogP contribution in [0.5, 0.6) is 0 Å². The van der Waals surface area contributed by atoms with E-state index in [4.69, 9.17) is 11.6 Å². The SMILES string of the molecule is O=C(CN1CCN(c2ccc(F)cc2)CC1)N/N=C/c1ccc(Cl)cc1. The van der Waals surface area contributed by atoms with E-state index in [0.29, 0.717) is 11.6 Å². The number of amides is 1. The van der Waals surface area contributed by atoms with Crippen LogP contribution in [0.15, 0.2) is 53.6 Å². The molecule has 0 aliphatic carbocycles. The zero-order valence-corrected chi connectivity index (χ0v) is 15.0. The number of nitrogens with zero attached hydrogens (tertiary/aromatic N) is 3. The number of halogens is 2. The first-order valence-electron chi connectivity index (χ1n) is 8.40. The molecule has 7 heteroatoms. The highest BCUT2D eigenvalue weighted by Gasteiger charge is 2.19. The van der Waals surface area contributed by atoms with E-state index in [9.17, 15) is 9.18 Å². The lowest BCUT2D eigenvalue weighted by atomic mass is 10.2. The van der Waals surface area contributed by atoms with Gasteiger partial charge in [-0.15, -0.1) is 0 Å². The molecule has 1 amide bonds. The Morgan fingerprint density at radius 1 is 1.08 bits per heavy atom. The van der Waals surface area contributed by atoms with Crippen molar-refractivity contribution in [1.82, 2.24) is 10.3 Å². The normalized spacial score (nSPS) is 15.4. The maximum atomic E-state index is 13.0. The highest BCUT2D eigenvalue weighted by molar-refractivity contribution is 6.30. The van der Waals surface area contributed by atoms with Gasteiger partial charge in [-0.3, -0.25) is 9.69 Å². The van der Waals surface area contributed by atoms with Crippen LogP contribution in [0.25, 0.3) is 0 Å². The van der Waals surface area contributed by atoms with E-state index in [-0.39, 0.29) is 11.7 Å². The average Bonchev–Trinajstić information content (AvgIpc) is 2.65. The fourth-order valence-electron chi connectivity index (χ4n) is 2.78. The van der Waals surface area contributed by atoms with Gasteiger partial charge in [0.1, 0.15) is 5.82 Å². The fourth-order valence-corrected chi connectivity index (χ4v) is 2.91. The van der Waals surface area contributed by atoms with E-state index in [1.165, 1.54) is 12.1 Å². The predicted octanol–water partition coefficient (Wildman–Crippen LogP) is 2.75. The molecule has 1 aliphatic rings. The maximum Gasteiger partial charge on any atom is 0.254 e. The minimum Gasteiger partial charge on any atom is -0.369 e. The summed E-state index contributed by atoms with van der Waals surface area (Å²) in [6.07, 6.45) is 1.58. The van der Waals surface area contributed by atoms with Gasteiger partial charge in [0.15, 0.2) is 0 Å². The molecule has 0 bridgehead atoms. The molecule has 1 heterocycles. The molecule has 0 aromatic heterocycles. The molecule has 26 heavy (non-hydrogen) atoms. The molecule has 2 aromatic rings. The van der Waals surface area contributed by atoms with Crippen molar-refractivity contribution in [3.63, 3.8) is 0 Å². The average molecular weight is 375 g/mol. The molecule has 0 unspecified atom stereocenters. The summed E-state index contributed by atoms with van der Waals surface area (Å²) >= 11 is 5.82. The van der Waals surface area contributed by atoms with Crippen molar-refractivity contribution in [1.29, 1.82) is 0 Å². The second kappa shape index (κ2) is 8.78. The van der Waals surface area contributed by atoms with Gasteiger partial charge in [-0.05, 0) is 42.0 Å². The molecule has 2 aromatic carbocycles. The van der Waals surface area contributed by atoms with E-state index < -0.39 is 0 Å². The van der Waals surface area contributed by atoms with Gasteiger partial charge in [-0.25, -0.2) is 9.82 Å². The Labute approximate surface area is 157 Å². The summed E-state index contributed by atoms with van der Waals surface area (Å²) in [6.45, 7) is 3.44. The van der Waals surface area contributed by atoms with Crippen molar-refractivity contribution in [2.75, 3.05) is 37.6 Å². The molecule has 1 N–H and O–H groups in total. The van der Waals surface area contributed by atoms with E-state index in [0.717, 1.165) is 37.4 Å². The molecule has 1 fully saturated rings. The van der Waals surface area contributed by atoms with Crippen LogP contribution in [0.1, 0.15) is 5.56 Å². The topological polar surface area (TPSA) is 47.9 Å². The number of hydrogen-bond donors (Lipinski definition) is 1. The standard InChI is InChI=1S/C19H20ClFN4O/c20-16-3-1-15(2-4-16)13-22-23-19(26)14-24-9-11-25(12-10-24)18-7-5-17(21)6-8-18/h1-8,13H,9-12,14H2,(H,23,26)/b22-13+. The Morgan fingerprint density at radius 3 is 2.38 bits per heavy atom. The van der Waals surface area contributed by atoms with Gasteiger partial charge in [-0.1, -0.05) is 23.7 Å². The largest absolute Gasteiger partial charge is 0.369 e. The van der Waals surface area contributed by atoms with E-state index >= 15 is 0 Å². The lowest BCUT2D eigenvalue weighted by molar-refractivity contribution is -0.122. The van der Waals surface area contributed by atoms with Gasteiger partial charge in [-0.2, -0.15) is 5.10 Å². The van der Waals surface area contributed by atoms with Crippen molar-refractivity contribution < 1.29 is 9.18 Å². The van der Waals surface area contributed by atoms with Gasteiger partial charge < -0.3 is 4.90 Å². The highest BCUT2D eigenvalue weighted by atomic mass is 35.5.